The summed E-state index contributed by atoms with van der Waals surface area (Å²) in [6, 6.07) is 15.2. The van der Waals surface area contributed by atoms with Crippen LogP contribution in [0.25, 0.3) is 11.1 Å². The summed E-state index contributed by atoms with van der Waals surface area (Å²) < 4.78 is 0. The van der Waals surface area contributed by atoms with Crippen LogP contribution in [-0.4, -0.2) is 6.88 Å². The van der Waals surface area contributed by atoms with E-state index in [4.69, 9.17) is 0 Å². The van der Waals surface area contributed by atoms with E-state index < -0.39 is 0 Å². The Morgan fingerprint density at radius 2 is 1.44 bits per heavy atom. The first kappa shape index (κ1) is 33.0. The first-order valence-corrected chi connectivity index (χ1v) is 18.3. The second-order valence-corrected chi connectivity index (χ2v) is 10.3. The fourth-order valence-electron chi connectivity index (χ4n) is 3.37. The van der Waals surface area contributed by atoms with E-state index in [9.17, 15) is 0 Å². The number of allylic oxidation sites excluding steroid dienone is 4. The molecule has 4 rings (SSSR count). The molecule has 0 nitrogen and oxygen atoms in total. The maximum absolute atomic E-state index is 3.67. The number of benzene rings is 2. The second kappa shape index (κ2) is 16.6. The summed E-state index contributed by atoms with van der Waals surface area (Å²) in [5.74, 6) is 0. The van der Waals surface area contributed by atoms with E-state index in [0.29, 0.717) is 0 Å². The zero-order valence-corrected chi connectivity index (χ0v) is 26.9. The number of hydrogen-bond acceptors (Lipinski definition) is 0. The SMILES string of the molecule is CC(C)(C)c1[c-]c2c(cc1)-c1ccc(C(C)(C)C)cc1C2.[C-]1=CC=CC1.[CH2-]CC.[CH2-]CC.[SiH2]=[Zr]. The van der Waals surface area contributed by atoms with Crippen molar-refractivity contribution >= 4 is 6.88 Å². The van der Waals surface area contributed by atoms with Gasteiger partial charge in [0, 0.05) is 0 Å². The van der Waals surface area contributed by atoms with Crippen LogP contribution in [0.1, 0.15) is 96.9 Å². The number of rotatable bonds is 0. The quantitative estimate of drug-likeness (QED) is 0.195. The minimum absolute atomic E-state index is 0.167. The zero-order valence-electron chi connectivity index (χ0n) is 23.1. The summed E-state index contributed by atoms with van der Waals surface area (Å²) in [6.07, 6.45) is 13.0. The fourth-order valence-corrected chi connectivity index (χ4v) is 3.37. The van der Waals surface area contributed by atoms with Crippen LogP contribution in [0.5, 0.6) is 0 Å². The molecule has 2 aromatic carbocycles. The predicted molar refractivity (Wildman–Crippen MR) is 152 cm³/mol. The van der Waals surface area contributed by atoms with Crippen LogP contribution in [0.2, 0.25) is 0 Å². The van der Waals surface area contributed by atoms with Gasteiger partial charge in [-0.15, -0.1) is 17.5 Å². The van der Waals surface area contributed by atoms with E-state index in [1.165, 1.54) is 33.4 Å². The van der Waals surface area contributed by atoms with Crippen molar-refractivity contribution in [3.05, 3.63) is 96.8 Å². The summed E-state index contributed by atoms with van der Waals surface area (Å²) in [4.78, 5) is 0. The average molecular weight is 550 g/mol. The molecule has 2 aliphatic carbocycles. The molecule has 0 amide bonds. The second-order valence-electron chi connectivity index (χ2n) is 10.3. The van der Waals surface area contributed by atoms with Crippen LogP contribution >= 0.6 is 0 Å². The van der Waals surface area contributed by atoms with E-state index in [2.05, 4.69) is 104 Å². The van der Waals surface area contributed by atoms with Gasteiger partial charge in [0.15, 0.2) is 0 Å². The van der Waals surface area contributed by atoms with Crippen molar-refractivity contribution in [2.75, 3.05) is 0 Å². The molecular weight excluding hydrogens is 504 g/mol. The molecule has 0 saturated heterocycles. The summed E-state index contributed by atoms with van der Waals surface area (Å²) in [5.41, 5.74) is 8.70. The van der Waals surface area contributed by atoms with Crippen LogP contribution in [0.3, 0.4) is 0 Å². The fraction of sp³-hybridized carbons (Fsp3) is 0.438. The van der Waals surface area contributed by atoms with E-state index >= 15 is 0 Å². The molecule has 0 N–H and O–H groups in total. The first-order chi connectivity index (χ1) is 16.0. The molecule has 0 fully saturated rings. The third-order valence-corrected chi connectivity index (χ3v) is 5.05. The van der Waals surface area contributed by atoms with Crippen molar-refractivity contribution in [1.29, 1.82) is 0 Å². The summed E-state index contributed by atoms with van der Waals surface area (Å²) in [6.45, 7) is 26.6. The molecule has 2 aromatic rings. The van der Waals surface area contributed by atoms with Gasteiger partial charge < -0.3 is 13.8 Å². The maximum atomic E-state index is 3.67. The first-order valence-electron chi connectivity index (χ1n) is 12.3. The van der Waals surface area contributed by atoms with Crippen LogP contribution in [0, 0.1) is 26.0 Å². The van der Waals surface area contributed by atoms with Gasteiger partial charge in [-0.2, -0.15) is 42.7 Å². The van der Waals surface area contributed by atoms with Crippen LogP contribution in [0.15, 0.2) is 48.6 Å². The monoisotopic (exact) mass is 548 g/mol. The Morgan fingerprint density at radius 3 is 1.85 bits per heavy atom. The average Bonchev–Trinajstić information content (AvgIpc) is 3.46. The summed E-state index contributed by atoms with van der Waals surface area (Å²) in [5, 5.41) is 0. The van der Waals surface area contributed by atoms with Crippen molar-refractivity contribution in [3.8, 4) is 11.1 Å². The normalized spacial score (nSPS) is 12.4. The minimum atomic E-state index is 0.167. The number of hydrogen-bond donors (Lipinski definition) is 0. The topological polar surface area (TPSA) is 0 Å². The Hall–Kier alpha value is -0.980. The van der Waals surface area contributed by atoms with Gasteiger partial charge in [-0.3, -0.25) is 6.08 Å². The molecule has 2 aliphatic rings. The molecule has 0 saturated carbocycles. The molecule has 0 heterocycles. The number of fused-ring (bicyclic) bond motifs is 3. The van der Waals surface area contributed by atoms with Gasteiger partial charge in [-0.1, -0.05) is 79.2 Å². The third-order valence-electron chi connectivity index (χ3n) is 5.05. The Labute approximate surface area is 228 Å². The van der Waals surface area contributed by atoms with E-state index in [-0.39, 0.29) is 10.8 Å². The Bertz CT molecular complexity index is 834. The van der Waals surface area contributed by atoms with E-state index in [1.54, 1.807) is 23.3 Å². The van der Waals surface area contributed by atoms with Crippen molar-refractivity contribution in [2.24, 2.45) is 0 Å². The molecule has 0 spiro atoms. The van der Waals surface area contributed by atoms with E-state index in [0.717, 1.165) is 25.7 Å². The molecule has 34 heavy (non-hydrogen) atoms. The van der Waals surface area contributed by atoms with Crippen molar-refractivity contribution in [2.45, 2.75) is 91.9 Å². The van der Waals surface area contributed by atoms with Crippen molar-refractivity contribution in [3.63, 3.8) is 0 Å². The summed E-state index contributed by atoms with van der Waals surface area (Å²) in [7, 11) is 0. The van der Waals surface area contributed by atoms with Gasteiger partial charge >= 0.3 is 30.2 Å². The van der Waals surface area contributed by atoms with Gasteiger partial charge in [0.1, 0.15) is 0 Å². The molecule has 186 valence electrons. The van der Waals surface area contributed by atoms with E-state index in [1.807, 2.05) is 32.9 Å². The predicted octanol–water partition coefficient (Wildman–Crippen LogP) is 8.50. The van der Waals surface area contributed by atoms with Crippen LogP contribution in [-0.2, 0) is 40.6 Å². The molecule has 0 radical (unpaired) electrons. The molecule has 0 unspecified atom stereocenters. The van der Waals surface area contributed by atoms with Crippen molar-refractivity contribution < 1.29 is 23.3 Å². The summed E-state index contributed by atoms with van der Waals surface area (Å²) >= 11 is 1.58. The standard InChI is InChI=1S/C21H25.C5H5.2C3H7.H2Si.Zr/c1-20(2,3)16-7-9-18-14(12-16)11-15-13-17(21(4,5)6)8-10-19(15)18;1-2-4-5-3-1;2*1-3-2;;/h7-10,12H,11H2,1-6H3;1-3H,4H2;2*1,3H2,2H3;1H2;/q4*-1;;. The zero-order chi connectivity index (χ0) is 26.4. The molecule has 2 heteroatoms. The van der Waals surface area contributed by atoms with Gasteiger partial charge in [-0.05, 0) is 28.4 Å². The van der Waals surface area contributed by atoms with Crippen LogP contribution < -0.4 is 0 Å². The van der Waals surface area contributed by atoms with Crippen LogP contribution in [0.4, 0.5) is 0 Å². The third kappa shape index (κ3) is 11.2. The molecule has 0 aliphatic heterocycles. The molecular formula is C32H46SiZr-4. The van der Waals surface area contributed by atoms with Gasteiger partial charge in [0.05, 0.1) is 0 Å². The Kier molecular flexibility index (Phi) is 16.2. The van der Waals surface area contributed by atoms with Gasteiger partial charge in [-0.25, -0.2) is 12.2 Å². The van der Waals surface area contributed by atoms with Crippen molar-refractivity contribution in [1.82, 2.24) is 0 Å². The molecule has 0 aromatic heterocycles. The Balaban J connectivity index is 0.000000694. The van der Waals surface area contributed by atoms with Gasteiger partial charge in [0.2, 0.25) is 0 Å². The van der Waals surface area contributed by atoms with Gasteiger partial charge in [0.25, 0.3) is 0 Å². The molecule has 0 atom stereocenters. The Morgan fingerprint density at radius 1 is 0.882 bits per heavy atom. The molecule has 0 bridgehead atoms.